The zero-order valence-corrected chi connectivity index (χ0v) is 17.4. The van der Waals surface area contributed by atoms with Crippen LogP contribution in [-0.2, 0) is 4.74 Å². The summed E-state index contributed by atoms with van der Waals surface area (Å²) in [5.74, 6) is -0.318. The lowest BCUT2D eigenvalue weighted by atomic mass is 10.2. The van der Waals surface area contributed by atoms with Crippen LogP contribution in [0.1, 0.15) is 37.1 Å². The Kier molecular flexibility index (Phi) is 5.32. The van der Waals surface area contributed by atoms with E-state index in [-0.39, 0.29) is 5.82 Å². The van der Waals surface area contributed by atoms with Gasteiger partial charge in [-0.05, 0) is 45.9 Å². The predicted molar refractivity (Wildman–Crippen MR) is 107 cm³/mol. The molecule has 3 aromatic rings. The molecule has 10 heteroatoms. The van der Waals surface area contributed by atoms with Gasteiger partial charge in [0.1, 0.15) is 5.60 Å². The van der Waals surface area contributed by atoms with Crippen molar-refractivity contribution in [3.63, 3.8) is 0 Å². The number of carbonyl (C=O) groups is 2. The normalized spacial score (nSPS) is 11.3. The first kappa shape index (κ1) is 19.7. The van der Waals surface area contributed by atoms with Crippen molar-refractivity contribution >= 4 is 45.0 Å². The van der Waals surface area contributed by atoms with Crippen LogP contribution in [0.25, 0.3) is 5.65 Å². The van der Waals surface area contributed by atoms with Gasteiger partial charge in [0.2, 0.25) is 5.82 Å². The standard InChI is InChI=1S/C18H19BrN6O3/c1-10-13(8-12(9-20-10)21-17(27)28-18(2,3)4)22-16(26)15-24-23-14-7-11(19)5-6-25(14)15/h5-9H,1-4H3,(H,21,27)(H,22,26). The van der Waals surface area contributed by atoms with Crippen molar-refractivity contribution in [3.05, 3.63) is 46.6 Å². The lowest BCUT2D eigenvalue weighted by Crippen LogP contribution is -2.27. The monoisotopic (exact) mass is 446 g/mol. The molecule has 28 heavy (non-hydrogen) atoms. The van der Waals surface area contributed by atoms with E-state index in [1.807, 2.05) is 0 Å². The number of fused-ring (bicyclic) bond motifs is 1. The third kappa shape index (κ3) is 4.63. The summed E-state index contributed by atoms with van der Waals surface area (Å²) in [4.78, 5) is 28.8. The molecule has 0 saturated heterocycles. The first-order valence-corrected chi connectivity index (χ1v) is 9.20. The number of aromatic nitrogens is 4. The summed E-state index contributed by atoms with van der Waals surface area (Å²) >= 11 is 3.35. The molecule has 3 aromatic heterocycles. The third-order valence-corrected chi connectivity index (χ3v) is 4.05. The molecule has 0 bridgehead atoms. The van der Waals surface area contributed by atoms with Crippen molar-refractivity contribution in [2.45, 2.75) is 33.3 Å². The number of aryl methyl sites for hydroxylation is 1. The van der Waals surface area contributed by atoms with Crippen molar-refractivity contribution in [3.8, 4) is 0 Å². The molecule has 0 unspecified atom stereocenters. The summed E-state index contributed by atoms with van der Waals surface area (Å²) in [5, 5.41) is 13.3. The largest absolute Gasteiger partial charge is 0.444 e. The fourth-order valence-electron chi connectivity index (χ4n) is 2.35. The van der Waals surface area contributed by atoms with Crippen LogP contribution in [0.2, 0.25) is 0 Å². The van der Waals surface area contributed by atoms with Gasteiger partial charge in [-0.3, -0.25) is 19.5 Å². The highest BCUT2D eigenvalue weighted by Crippen LogP contribution is 2.20. The fraction of sp³-hybridized carbons (Fsp3) is 0.278. The maximum atomic E-state index is 12.7. The molecular weight excluding hydrogens is 428 g/mol. The molecule has 0 spiro atoms. The average molecular weight is 447 g/mol. The second-order valence-corrected chi connectivity index (χ2v) is 7.95. The zero-order valence-electron chi connectivity index (χ0n) is 15.8. The first-order valence-electron chi connectivity index (χ1n) is 8.41. The number of nitrogens with one attached hydrogen (secondary N) is 2. The second-order valence-electron chi connectivity index (χ2n) is 7.03. The summed E-state index contributed by atoms with van der Waals surface area (Å²) in [6, 6.07) is 5.14. The Morgan fingerprint density at radius 2 is 1.93 bits per heavy atom. The zero-order chi connectivity index (χ0) is 20.5. The summed E-state index contributed by atoms with van der Waals surface area (Å²) in [6.07, 6.45) is 2.57. The predicted octanol–water partition coefficient (Wildman–Crippen LogP) is 3.79. The van der Waals surface area contributed by atoms with Crippen LogP contribution < -0.4 is 10.6 Å². The van der Waals surface area contributed by atoms with E-state index in [4.69, 9.17) is 4.74 Å². The summed E-state index contributed by atoms with van der Waals surface area (Å²) < 4.78 is 7.63. The van der Waals surface area contributed by atoms with Crippen LogP contribution in [0.5, 0.6) is 0 Å². The molecule has 0 aliphatic rings. The van der Waals surface area contributed by atoms with Gasteiger partial charge in [0.15, 0.2) is 5.65 Å². The topological polar surface area (TPSA) is 111 Å². The maximum absolute atomic E-state index is 12.7. The number of amides is 2. The Morgan fingerprint density at radius 3 is 2.64 bits per heavy atom. The Bertz CT molecular complexity index is 1060. The first-order chi connectivity index (χ1) is 13.1. The van der Waals surface area contributed by atoms with E-state index < -0.39 is 17.6 Å². The third-order valence-electron chi connectivity index (χ3n) is 3.56. The number of pyridine rings is 2. The van der Waals surface area contributed by atoms with Crippen LogP contribution in [-0.4, -0.2) is 37.2 Å². The number of hydrogen-bond donors (Lipinski definition) is 2. The number of rotatable bonds is 3. The summed E-state index contributed by atoms with van der Waals surface area (Å²) in [5.41, 5.74) is 1.33. The minimum atomic E-state index is -0.622. The van der Waals surface area contributed by atoms with Crippen LogP contribution in [0.15, 0.2) is 35.1 Å². The van der Waals surface area contributed by atoms with E-state index in [2.05, 4.69) is 41.7 Å². The van der Waals surface area contributed by atoms with E-state index in [9.17, 15) is 9.59 Å². The molecule has 0 saturated carbocycles. The molecule has 0 aliphatic heterocycles. The number of hydrogen-bond acceptors (Lipinski definition) is 6. The minimum absolute atomic E-state index is 0.132. The highest BCUT2D eigenvalue weighted by atomic mass is 79.9. The number of halogens is 1. The average Bonchev–Trinajstić information content (AvgIpc) is 2.99. The van der Waals surface area contributed by atoms with Gasteiger partial charge in [-0.15, -0.1) is 10.2 Å². The lowest BCUT2D eigenvalue weighted by molar-refractivity contribution is 0.0635. The Morgan fingerprint density at radius 1 is 1.18 bits per heavy atom. The van der Waals surface area contributed by atoms with E-state index in [0.29, 0.717) is 22.7 Å². The van der Waals surface area contributed by atoms with Crippen molar-refractivity contribution in [2.75, 3.05) is 10.6 Å². The molecule has 0 aromatic carbocycles. The SMILES string of the molecule is Cc1ncc(NC(=O)OC(C)(C)C)cc1NC(=O)c1nnc2cc(Br)ccn12. The molecule has 9 nitrogen and oxygen atoms in total. The number of ether oxygens (including phenoxy) is 1. The molecule has 3 heterocycles. The highest BCUT2D eigenvalue weighted by molar-refractivity contribution is 9.10. The van der Waals surface area contributed by atoms with E-state index in [1.54, 1.807) is 56.5 Å². The van der Waals surface area contributed by atoms with E-state index >= 15 is 0 Å². The number of anilines is 2. The van der Waals surface area contributed by atoms with Gasteiger partial charge in [0.25, 0.3) is 5.91 Å². The Labute approximate surface area is 169 Å². The molecule has 0 fully saturated rings. The van der Waals surface area contributed by atoms with Crippen LogP contribution >= 0.6 is 15.9 Å². The quantitative estimate of drug-likeness (QED) is 0.632. The lowest BCUT2D eigenvalue weighted by Gasteiger charge is -2.19. The Hall–Kier alpha value is -3.01. The fourth-order valence-corrected chi connectivity index (χ4v) is 2.67. The smallest absolute Gasteiger partial charge is 0.412 e. The Balaban J connectivity index is 1.79. The molecule has 2 N–H and O–H groups in total. The van der Waals surface area contributed by atoms with Crippen molar-refractivity contribution < 1.29 is 14.3 Å². The number of nitrogens with zero attached hydrogens (tertiary/aromatic N) is 4. The van der Waals surface area contributed by atoms with Gasteiger partial charge in [-0.25, -0.2) is 4.79 Å². The number of carbonyl (C=O) groups excluding carboxylic acids is 2. The summed E-state index contributed by atoms with van der Waals surface area (Å²) in [6.45, 7) is 7.05. The molecular formula is C18H19BrN6O3. The van der Waals surface area contributed by atoms with Gasteiger partial charge in [0, 0.05) is 10.7 Å². The van der Waals surface area contributed by atoms with Gasteiger partial charge < -0.3 is 10.1 Å². The molecule has 0 radical (unpaired) electrons. The molecule has 0 aliphatic carbocycles. The molecule has 2 amide bonds. The van der Waals surface area contributed by atoms with E-state index in [0.717, 1.165) is 4.47 Å². The van der Waals surface area contributed by atoms with Crippen LogP contribution in [0.4, 0.5) is 16.2 Å². The molecule has 3 rings (SSSR count). The van der Waals surface area contributed by atoms with Gasteiger partial charge in [-0.1, -0.05) is 15.9 Å². The molecule has 0 atom stereocenters. The van der Waals surface area contributed by atoms with E-state index in [1.165, 1.54) is 6.20 Å². The van der Waals surface area contributed by atoms with Crippen molar-refractivity contribution in [1.82, 2.24) is 19.6 Å². The highest BCUT2D eigenvalue weighted by Gasteiger charge is 2.18. The second kappa shape index (κ2) is 7.55. The van der Waals surface area contributed by atoms with Gasteiger partial charge in [-0.2, -0.15) is 0 Å². The maximum Gasteiger partial charge on any atom is 0.412 e. The summed E-state index contributed by atoms with van der Waals surface area (Å²) in [7, 11) is 0. The van der Waals surface area contributed by atoms with Gasteiger partial charge in [0.05, 0.1) is 23.3 Å². The van der Waals surface area contributed by atoms with Crippen LogP contribution in [0.3, 0.4) is 0 Å². The van der Waals surface area contributed by atoms with Crippen molar-refractivity contribution in [1.29, 1.82) is 0 Å². The van der Waals surface area contributed by atoms with Crippen LogP contribution in [0, 0.1) is 6.92 Å². The minimum Gasteiger partial charge on any atom is -0.444 e. The van der Waals surface area contributed by atoms with Gasteiger partial charge >= 0.3 is 6.09 Å². The van der Waals surface area contributed by atoms with Crippen molar-refractivity contribution in [2.24, 2.45) is 0 Å². The molecule has 146 valence electrons.